The lowest BCUT2D eigenvalue weighted by atomic mass is 9.93. The molecule has 1 saturated carbocycles. The highest BCUT2D eigenvalue weighted by Crippen LogP contribution is 2.18. The number of nitrogens with zero attached hydrogens (tertiary/aromatic N) is 1. The molecule has 0 heterocycles. The van der Waals surface area contributed by atoms with Crippen LogP contribution in [0.1, 0.15) is 43.0 Å². The van der Waals surface area contributed by atoms with Gasteiger partial charge in [0.2, 0.25) is 0 Å². The van der Waals surface area contributed by atoms with Crippen LogP contribution >= 0.6 is 11.6 Å². The van der Waals surface area contributed by atoms with E-state index in [0.717, 1.165) is 38.2 Å². The minimum Gasteiger partial charge on any atom is -0.393 e. The lowest BCUT2D eigenvalue weighted by Crippen LogP contribution is -2.45. The molecular formula is C18H27ClN4O2. The Morgan fingerprint density at radius 3 is 2.52 bits per heavy atom. The SMILES string of the molecule is CCNC(=NCCNC(=O)c1ccc(Cl)cc1)NC1CCC(O)CC1. The molecule has 1 fully saturated rings. The van der Waals surface area contributed by atoms with E-state index < -0.39 is 0 Å². The molecule has 1 aromatic rings. The normalized spacial score (nSPS) is 20.8. The van der Waals surface area contributed by atoms with Crippen molar-refractivity contribution in [3.05, 3.63) is 34.9 Å². The highest BCUT2D eigenvalue weighted by atomic mass is 35.5. The second kappa shape index (κ2) is 10.3. The average Bonchev–Trinajstić information content (AvgIpc) is 2.61. The van der Waals surface area contributed by atoms with Gasteiger partial charge in [-0.2, -0.15) is 0 Å². The van der Waals surface area contributed by atoms with E-state index in [1.54, 1.807) is 24.3 Å². The van der Waals surface area contributed by atoms with Crippen molar-refractivity contribution >= 4 is 23.5 Å². The number of carbonyl (C=O) groups is 1. The van der Waals surface area contributed by atoms with Crippen LogP contribution in [0.25, 0.3) is 0 Å². The molecule has 0 saturated heterocycles. The van der Waals surface area contributed by atoms with Crippen LogP contribution in [0.4, 0.5) is 0 Å². The molecule has 6 nitrogen and oxygen atoms in total. The summed E-state index contributed by atoms with van der Waals surface area (Å²) >= 11 is 5.82. The number of benzene rings is 1. The quantitative estimate of drug-likeness (QED) is 0.352. The van der Waals surface area contributed by atoms with Crippen LogP contribution in [0.15, 0.2) is 29.3 Å². The lowest BCUT2D eigenvalue weighted by Gasteiger charge is -2.27. The summed E-state index contributed by atoms with van der Waals surface area (Å²) in [6.07, 6.45) is 3.38. The highest BCUT2D eigenvalue weighted by Gasteiger charge is 2.19. The van der Waals surface area contributed by atoms with Gasteiger partial charge in [0.1, 0.15) is 0 Å². The van der Waals surface area contributed by atoms with E-state index in [2.05, 4.69) is 20.9 Å². The summed E-state index contributed by atoms with van der Waals surface area (Å²) in [5, 5.41) is 19.7. The molecule has 0 bridgehead atoms. The van der Waals surface area contributed by atoms with Crippen LogP contribution in [-0.2, 0) is 0 Å². The lowest BCUT2D eigenvalue weighted by molar-refractivity contribution is 0.0955. The van der Waals surface area contributed by atoms with Crippen molar-refractivity contribution in [2.75, 3.05) is 19.6 Å². The molecule has 0 aliphatic heterocycles. The van der Waals surface area contributed by atoms with Crippen molar-refractivity contribution in [1.29, 1.82) is 0 Å². The van der Waals surface area contributed by atoms with Crippen molar-refractivity contribution < 1.29 is 9.90 Å². The number of rotatable bonds is 6. The van der Waals surface area contributed by atoms with E-state index in [0.29, 0.717) is 29.7 Å². The van der Waals surface area contributed by atoms with E-state index in [9.17, 15) is 9.90 Å². The summed E-state index contributed by atoms with van der Waals surface area (Å²) in [6, 6.07) is 7.13. The smallest absolute Gasteiger partial charge is 0.251 e. The number of guanidine groups is 1. The van der Waals surface area contributed by atoms with Gasteiger partial charge in [-0.15, -0.1) is 0 Å². The predicted molar refractivity (Wildman–Crippen MR) is 101 cm³/mol. The summed E-state index contributed by atoms with van der Waals surface area (Å²) in [6.45, 7) is 3.74. The second-order valence-corrected chi connectivity index (χ2v) is 6.61. The van der Waals surface area contributed by atoms with E-state index in [1.165, 1.54) is 0 Å². The van der Waals surface area contributed by atoms with Gasteiger partial charge < -0.3 is 21.1 Å². The molecule has 0 unspecified atom stereocenters. The van der Waals surface area contributed by atoms with E-state index in [-0.39, 0.29) is 12.0 Å². The van der Waals surface area contributed by atoms with E-state index >= 15 is 0 Å². The first-order chi connectivity index (χ1) is 12.1. The third-order valence-electron chi connectivity index (χ3n) is 4.16. The molecule has 0 atom stereocenters. The molecule has 7 heteroatoms. The Kier molecular flexibility index (Phi) is 8.01. The topological polar surface area (TPSA) is 85.8 Å². The molecule has 0 aromatic heterocycles. The first-order valence-corrected chi connectivity index (χ1v) is 9.23. The highest BCUT2D eigenvalue weighted by molar-refractivity contribution is 6.30. The third kappa shape index (κ3) is 6.92. The number of aliphatic hydroxyl groups is 1. The number of hydrogen-bond donors (Lipinski definition) is 4. The van der Waals surface area contributed by atoms with E-state index in [1.807, 2.05) is 6.92 Å². The summed E-state index contributed by atoms with van der Waals surface area (Å²) in [5.41, 5.74) is 0.583. The number of aliphatic hydroxyl groups excluding tert-OH is 1. The first kappa shape index (κ1) is 19.5. The number of aliphatic imine (C=N–C) groups is 1. The van der Waals surface area contributed by atoms with Crippen molar-refractivity contribution in [2.24, 2.45) is 4.99 Å². The van der Waals surface area contributed by atoms with Gasteiger partial charge in [0.15, 0.2) is 5.96 Å². The molecule has 2 rings (SSSR count). The maximum absolute atomic E-state index is 12.0. The van der Waals surface area contributed by atoms with Crippen molar-refractivity contribution in [1.82, 2.24) is 16.0 Å². The van der Waals surface area contributed by atoms with Gasteiger partial charge in [-0.05, 0) is 56.9 Å². The molecule has 1 aromatic carbocycles. The number of hydrogen-bond acceptors (Lipinski definition) is 3. The Morgan fingerprint density at radius 2 is 1.88 bits per heavy atom. The summed E-state index contributed by atoms with van der Waals surface area (Å²) < 4.78 is 0. The van der Waals surface area contributed by atoms with Crippen molar-refractivity contribution in [3.8, 4) is 0 Å². The van der Waals surface area contributed by atoms with Gasteiger partial charge in [0, 0.05) is 29.7 Å². The van der Waals surface area contributed by atoms with Crippen LogP contribution < -0.4 is 16.0 Å². The Morgan fingerprint density at radius 1 is 1.20 bits per heavy atom. The molecule has 0 radical (unpaired) electrons. The molecule has 0 spiro atoms. The minimum absolute atomic E-state index is 0.133. The first-order valence-electron chi connectivity index (χ1n) is 8.85. The number of halogens is 1. The fourth-order valence-electron chi connectivity index (χ4n) is 2.77. The van der Waals surface area contributed by atoms with Gasteiger partial charge >= 0.3 is 0 Å². The number of carbonyl (C=O) groups excluding carboxylic acids is 1. The predicted octanol–water partition coefficient (Wildman–Crippen LogP) is 1.93. The fourth-order valence-corrected chi connectivity index (χ4v) is 2.90. The molecule has 1 aliphatic rings. The van der Waals surface area contributed by atoms with Crippen LogP contribution in [0.3, 0.4) is 0 Å². The zero-order valence-corrected chi connectivity index (χ0v) is 15.4. The van der Waals surface area contributed by atoms with Gasteiger partial charge in [-0.3, -0.25) is 9.79 Å². The van der Waals surface area contributed by atoms with Crippen molar-refractivity contribution in [3.63, 3.8) is 0 Å². The van der Waals surface area contributed by atoms with Gasteiger partial charge in [0.05, 0.1) is 12.6 Å². The zero-order valence-electron chi connectivity index (χ0n) is 14.6. The van der Waals surface area contributed by atoms with Gasteiger partial charge in [-0.25, -0.2) is 0 Å². The fraction of sp³-hybridized carbons (Fsp3) is 0.556. The number of nitrogens with one attached hydrogen (secondary N) is 3. The Hall–Kier alpha value is -1.79. The molecule has 25 heavy (non-hydrogen) atoms. The summed E-state index contributed by atoms with van der Waals surface area (Å²) in [5.74, 6) is 0.621. The molecule has 1 aliphatic carbocycles. The minimum atomic E-state index is -0.166. The van der Waals surface area contributed by atoms with Crippen molar-refractivity contribution in [2.45, 2.75) is 44.8 Å². The standard InChI is InChI=1S/C18H27ClN4O2/c1-2-20-18(23-15-7-9-16(24)10-8-15)22-12-11-21-17(25)13-3-5-14(19)6-4-13/h3-6,15-16,24H,2,7-12H2,1H3,(H,21,25)(H2,20,22,23). The molecule has 4 N–H and O–H groups in total. The summed E-state index contributed by atoms with van der Waals surface area (Å²) in [4.78, 5) is 16.5. The van der Waals surface area contributed by atoms with Crippen LogP contribution in [0.2, 0.25) is 5.02 Å². The van der Waals surface area contributed by atoms with Crippen LogP contribution in [0.5, 0.6) is 0 Å². The second-order valence-electron chi connectivity index (χ2n) is 6.17. The maximum atomic E-state index is 12.0. The largest absolute Gasteiger partial charge is 0.393 e. The summed E-state index contributed by atoms with van der Waals surface area (Å²) in [7, 11) is 0. The Bertz CT molecular complexity index is 569. The third-order valence-corrected chi connectivity index (χ3v) is 4.41. The number of amides is 1. The average molecular weight is 367 g/mol. The van der Waals surface area contributed by atoms with Crippen LogP contribution in [-0.4, -0.2) is 48.8 Å². The van der Waals surface area contributed by atoms with Gasteiger partial charge in [0.25, 0.3) is 5.91 Å². The molecule has 1 amide bonds. The van der Waals surface area contributed by atoms with Gasteiger partial charge in [-0.1, -0.05) is 11.6 Å². The molecule has 138 valence electrons. The Balaban J connectivity index is 1.76. The maximum Gasteiger partial charge on any atom is 0.251 e. The Labute approximate surface area is 154 Å². The molecular weight excluding hydrogens is 340 g/mol. The van der Waals surface area contributed by atoms with Crippen LogP contribution in [0, 0.1) is 0 Å². The van der Waals surface area contributed by atoms with E-state index in [4.69, 9.17) is 11.6 Å². The zero-order chi connectivity index (χ0) is 18.1. The monoisotopic (exact) mass is 366 g/mol.